The number of anilines is 1. The molecule has 2 aromatic carbocycles. The van der Waals surface area contributed by atoms with Gasteiger partial charge in [-0.2, -0.15) is 4.98 Å². The maximum Gasteiger partial charge on any atom is 0.268 e. The van der Waals surface area contributed by atoms with Crippen LogP contribution in [0.2, 0.25) is 14.4 Å². The Hall–Kier alpha value is -2.43. The molecule has 2 aromatic heterocycles. The third-order valence-electron chi connectivity index (χ3n) is 6.22. The second-order valence-corrected chi connectivity index (χ2v) is 13.5. The summed E-state index contributed by atoms with van der Waals surface area (Å²) in [6.45, 7) is 1.59. The lowest BCUT2D eigenvalue weighted by atomic mass is 9.94. The minimum Gasteiger partial charge on any atom is -0.333 e. The Morgan fingerprint density at radius 3 is 2.32 bits per heavy atom. The van der Waals surface area contributed by atoms with Crippen LogP contribution in [0.5, 0.6) is 0 Å². The van der Waals surface area contributed by atoms with Crippen molar-refractivity contribution in [2.24, 2.45) is 0 Å². The quantitative estimate of drug-likeness (QED) is 0.240. The summed E-state index contributed by atoms with van der Waals surface area (Å²) < 4.78 is 30.1. The van der Waals surface area contributed by atoms with Gasteiger partial charge in [0.1, 0.15) is 0 Å². The van der Waals surface area contributed by atoms with Gasteiger partial charge in [0, 0.05) is 21.3 Å². The summed E-state index contributed by atoms with van der Waals surface area (Å²) in [7, 11) is -3.29. The summed E-state index contributed by atoms with van der Waals surface area (Å²) in [6.07, 6.45) is 1.57. The monoisotopic (exact) mass is 595 g/mol. The SMILES string of the molecule is CCS(=O)(=O)c1ccc(CC(=O)Nc2cc(Cl)c(C3(c4noc(-c5ccc(Cl)s5)n4)CC3)c(Cl)c2)cc1. The minimum atomic E-state index is -3.29. The van der Waals surface area contributed by atoms with E-state index < -0.39 is 15.3 Å². The number of amides is 1. The number of rotatable bonds is 8. The van der Waals surface area contributed by atoms with E-state index in [1.807, 2.05) is 6.07 Å². The lowest BCUT2D eigenvalue weighted by Gasteiger charge is -2.17. The number of carbonyl (C=O) groups excluding carboxylic acids is 1. The molecule has 0 atom stereocenters. The highest BCUT2D eigenvalue weighted by molar-refractivity contribution is 7.91. The fraction of sp³-hybridized carbons (Fsp3) is 0.240. The predicted molar refractivity (Wildman–Crippen MR) is 146 cm³/mol. The molecular formula is C25H20Cl3N3O4S2. The Morgan fingerprint density at radius 1 is 1.08 bits per heavy atom. The van der Waals surface area contributed by atoms with E-state index in [2.05, 4.69) is 15.5 Å². The van der Waals surface area contributed by atoms with E-state index in [0.717, 1.165) is 17.7 Å². The first-order chi connectivity index (χ1) is 17.6. The van der Waals surface area contributed by atoms with E-state index in [4.69, 9.17) is 39.3 Å². The van der Waals surface area contributed by atoms with Crippen molar-refractivity contribution < 1.29 is 17.7 Å². The van der Waals surface area contributed by atoms with E-state index in [1.54, 1.807) is 37.3 Å². The van der Waals surface area contributed by atoms with Crippen LogP contribution in [-0.2, 0) is 26.5 Å². The van der Waals surface area contributed by atoms with Gasteiger partial charge >= 0.3 is 0 Å². The van der Waals surface area contributed by atoms with E-state index in [9.17, 15) is 13.2 Å². The van der Waals surface area contributed by atoms with Gasteiger partial charge in [-0.05, 0) is 54.8 Å². The molecule has 4 aromatic rings. The Bertz CT molecular complexity index is 1570. The van der Waals surface area contributed by atoms with Crippen molar-refractivity contribution in [1.82, 2.24) is 10.1 Å². The van der Waals surface area contributed by atoms with Crippen molar-refractivity contribution in [3.8, 4) is 10.8 Å². The first-order valence-corrected chi connectivity index (χ1v) is 14.9. The van der Waals surface area contributed by atoms with Crippen molar-refractivity contribution in [2.45, 2.75) is 36.5 Å². The number of hydrogen-bond acceptors (Lipinski definition) is 7. The zero-order valence-corrected chi connectivity index (χ0v) is 23.3. The average Bonchev–Trinajstić information content (AvgIpc) is 3.26. The standard InChI is InChI=1S/C25H20Cl3N3O4S2/c1-2-37(33,34)16-5-3-14(4-6-16)11-21(32)29-15-12-17(26)22(18(27)13-15)25(9-10-25)24-30-23(35-31-24)19-7-8-20(28)36-19/h3-8,12-13H,2,9-11H2,1H3,(H,29,32). The van der Waals surface area contributed by atoms with Gasteiger partial charge < -0.3 is 9.84 Å². The molecule has 5 rings (SSSR count). The Morgan fingerprint density at radius 2 is 1.76 bits per heavy atom. The maximum atomic E-state index is 12.6. The van der Waals surface area contributed by atoms with Crippen LogP contribution in [0.4, 0.5) is 5.69 Å². The van der Waals surface area contributed by atoms with Crippen LogP contribution >= 0.6 is 46.1 Å². The Balaban J connectivity index is 1.32. The van der Waals surface area contributed by atoms with Crippen molar-refractivity contribution in [3.05, 3.63) is 79.9 Å². The van der Waals surface area contributed by atoms with Crippen LogP contribution in [-0.4, -0.2) is 30.2 Å². The van der Waals surface area contributed by atoms with Crippen LogP contribution in [0.3, 0.4) is 0 Å². The molecule has 1 amide bonds. The van der Waals surface area contributed by atoms with Crippen molar-refractivity contribution in [2.75, 3.05) is 11.1 Å². The molecule has 0 bridgehead atoms. The number of sulfone groups is 1. The average molecular weight is 597 g/mol. The molecule has 1 saturated carbocycles. The van der Waals surface area contributed by atoms with Gasteiger partial charge in [-0.1, -0.05) is 59.0 Å². The zero-order valence-electron chi connectivity index (χ0n) is 19.4. The normalized spacial score (nSPS) is 14.5. The first-order valence-electron chi connectivity index (χ1n) is 11.3. The Labute approximate surface area is 232 Å². The molecule has 1 fully saturated rings. The number of halogens is 3. The summed E-state index contributed by atoms with van der Waals surface area (Å²) in [6, 6.07) is 13.2. The third kappa shape index (κ3) is 5.28. The molecule has 192 valence electrons. The number of carbonyl (C=O) groups is 1. The predicted octanol–water partition coefficient (Wildman–Crippen LogP) is 6.81. The highest BCUT2D eigenvalue weighted by Gasteiger charge is 2.52. The Kier molecular flexibility index (Phi) is 7.10. The molecule has 0 saturated heterocycles. The van der Waals surface area contributed by atoms with Gasteiger partial charge in [0.2, 0.25) is 5.91 Å². The summed E-state index contributed by atoms with van der Waals surface area (Å²) >= 11 is 20.7. The van der Waals surface area contributed by atoms with E-state index in [0.29, 0.717) is 42.9 Å². The summed E-state index contributed by atoms with van der Waals surface area (Å²) in [4.78, 5) is 18.2. The number of nitrogens with one attached hydrogen (secondary N) is 1. The zero-order chi connectivity index (χ0) is 26.4. The number of nitrogens with zero attached hydrogens (tertiary/aromatic N) is 2. The lowest BCUT2D eigenvalue weighted by Crippen LogP contribution is -2.16. The van der Waals surface area contributed by atoms with E-state index >= 15 is 0 Å². The first kappa shape index (κ1) is 26.2. The van der Waals surface area contributed by atoms with Gasteiger partial charge in [-0.15, -0.1) is 11.3 Å². The fourth-order valence-electron chi connectivity index (χ4n) is 4.13. The van der Waals surface area contributed by atoms with Crippen LogP contribution in [0.15, 0.2) is 57.9 Å². The van der Waals surface area contributed by atoms with Gasteiger partial charge in [0.05, 0.1) is 31.7 Å². The number of aromatic nitrogens is 2. The van der Waals surface area contributed by atoms with E-state index in [-0.39, 0.29) is 23.0 Å². The number of hydrogen-bond donors (Lipinski definition) is 1. The van der Waals surface area contributed by atoms with Gasteiger partial charge in [0.15, 0.2) is 15.7 Å². The van der Waals surface area contributed by atoms with Crippen molar-refractivity contribution >= 4 is 67.6 Å². The molecule has 0 spiro atoms. The number of benzene rings is 2. The third-order valence-corrected chi connectivity index (χ3v) is 9.79. The fourth-order valence-corrected chi connectivity index (χ4v) is 6.83. The molecule has 1 aliphatic rings. The summed E-state index contributed by atoms with van der Waals surface area (Å²) in [5, 5.41) is 7.78. The topological polar surface area (TPSA) is 102 Å². The van der Waals surface area contributed by atoms with Crippen LogP contribution < -0.4 is 5.32 Å². The molecule has 0 aliphatic heterocycles. The second kappa shape index (κ2) is 10.0. The minimum absolute atomic E-state index is 0.0169. The van der Waals surface area contributed by atoms with Gasteiger partial charge in [-0.3, -0.25) is 4.79 Å². The molecule has 37 heavy (non-hydrogen) atoms. The van der Waals surface area contributed by atoms with Crippen molar-refractivity contribution in [1.29, 1.82) is 0 Å². The smallest absolute Gasteiger partial charge is 0.268 e. The molecule has 1 aliphatic carbocycles. The summed E-state index contributed by atoms with van der Waals surface area (Å²) in [5.74, 6) is 0.614. The van der Waals surface area contributed by atoms with E-state index in [1.165, 1.54) is 23.5 Å². The second-order valence-electron chi connectivity index (χ2n) is 8.70. The van der Waals surface area contributed by atoms with Crippen LogP contribution in [0.1, 0.15) is 36.7 Å². The van der Waals surface area contributed by atoms with Gasteiger partial charge in [-0.25, -0.2) is 8.42 Å². The van der Waals surface area contributed by atoms with Crippen molar-refractivity contribution in [3.63, 3.8) is 0 Å². The molecule has 7 nitrogen and oxygen atoms in total. The molecule has 1 N–H and O–H groups in total. The van der Waals surface area contributed by atoms with Crippen LogP contribution in [0, 0.1) is 0 Å². The van der Waals surface area contributed by atoms with Gasteiger partial charge in [0.25, 0.3) is 5.89 Å². The van der Waals surface area contributed by atoms with Crippen LogP contribution in [0.25, 0.3) is 10.8 Å². The molecule has 2 heterocycles. The molecular weight excluding hydrogens is 577 g/mol. The molecule has 0 unspecified atom stereocenters. The molecule has 12 heteroatoms. The maximum absolute atomic E-state index is 12.6. The highest BCUT2D eigenvalue weighted by Crippen LogP contribution is 2.57. The lowest BCUT2D eigenvalue weighted by molar-refractivity contribution is -0.115. The largest absolute Gasteiger partial charge is 0.333 e. The highest BCUT2D eigenvalue weighted by atomic mass is 35.5. The number of thiophene rings is 1. The molecule has 0 radical (unpaired) electrons. The summed E-state index contributed by atoms with van der Waals surface area (Å²) in [5.41, 5.74) is 1.27.